The van der Waals surface area contributed by atoms with E-state index in [1.165, 1.54) is 25.2 Å². The van der Waals surface area contributed by atoms with Crippen molar-refractivity contribution in [3.63, 3.8) is 0 Å². The van der Waals surface area contributed by atoms with Crippen LogP contribution in [0.2, 0.25) is 0 Å². The summed E-state index contributed by atoms with van der Waals surface area (Å²) in [7, 11) is 0. The Morgan fingerprint density at radius 1 is 1.07 bits per heavy atom. The summed E-state index contributed by atoms with van der Waals surface area (Å²) in [5.74, 6) is 0.650. The number of nitrogens with zero attached hydrogens (tertiary/aromatic N) is 1. The first-order valence-electron chi connectivity index (χ1n) is 16.2. The molecule has 0 radical (unpaired) electrons. The molecule has 44 heavy (non-hydrogen) atoms. The van der Waals surface area contributed by atoms with E-state index in [4.69, 9.17) is 9.47 Å². The first-order valence-corrected chi connectivity index (χ1v) is 16.2. The molecule has 3 amide bonds. The minimum atomic E-state index is -0.959. The lowest BCUT2D eigenvalue weighted by molar-refractivity contribution is -0.133. The van der Waals surface area contributed by atoms with Crippen molar-refractivity contribution < 1.29 is 29.0 Å². The van der Waals surface area contributed by atoms with Gasteiger partial charge in [0.25, 0.3) is 0 Å². The molecule has 4 N–H and O–H groups in total. The molecular formula is C34H52N4O6. The number of ether oxygens (including phenoxy) is 2. The lowest BCUT2D eigenvalue weighted by Crippen LogP contribution is -2.61. The van der Waals surface area contributed by atoms with Crippen LogP contribution in [0.4, 0.5) is 0 Å². The number of fused-ring (bicyclic) bond motifs is 14. The van der Waals surface area contributed by atoms with Gasteiger partial charge >= 0.3 is 0 Å². The van der Waals surface area contributed by atoms with Crippen LogP contribution in [-0.4, -0.2) is 83.8 Å². The second-order valence-electron chi connectivity index (χ2n) is 14.0. The summed E-state index contributed by atoms with van der Waals surface area (Å²) in [5.41, 5.74) is 0.552. The number of aliphatic hydroxyl groups is 1. The van der Waals surface area contributed by atoms with E-state index in [0.717, 1.165) is 31.4 Å². The molecule has 3 heterocycles. The summed E-state index contributed by atoms with van der Waals surface area (Å²) < 4.78 is 11.1. The molecule has 1 saturated heterocycles. The molecule has 0 aromatic heterocycles. The SMILES string of the molecule is CC(C)[C@@H]1NC(=O)/C=C\OCCOc2ccc(cc2)C[C@@H]([C@H](O)CN2C[C@H]3CCCC[C@H]3C[C@H]2C(=O)NC(C)(C)C)NC1=O. The predicted octanol–water partition coefficient (Wildman–Crippen LogP) is 2.93. The fraction of sp³-hybridized carbons (Fsp3) is 0.676. The van der Waals surface area contributed by atoms with Crippen LogP contribution < -0.4 is 20.7 Å². The third-order valence-electron chi connectivity index (χ3n) is 8.93. The largest absolute Gasteiger partial charge is 0.497 e. The maximum absolute atomic E-state index is 13.6. The summed E-state index contributed by atoms with van der Waals surface area (Å²) in [4.78, 5) is 41.9. The summed E-state index contributed by atoms with van der Waals surface area (Å²) in [6.45, 7) is 11.2. The van der Waals surface area contributed by atoms with Crippen molar-refractivity contribution >= 4 is 17.7 Å². The van der Waals surface area contributed by atoms with Crippen molar-refractivity contribution in [3.05, 3.63) is 42.2 Å². The third kappa shape index (κ3) is 9.69. The zero-order valence-corrected chi connectivity index (χ0v) is 27.0. The summed E-state index contributed by atoms with van der Waals surface area (Å²) >= 11 is 0. The topological polar surface area (TPSA) is 129 Å². The van der Waals surface area contributed by atoms with E-state index in [1.54, 1.807) is 0 Å². The first-order chi connectivity index (χ1) is 20.9. The number of benzene rings is 1. The quantitative estimate of drug-likeness (QED) is 0.403. The first kappa shape index (κ1) is 33.8. The molecule has 3 aliphatic heterocycles. The van der Waals surface area contributed by atoms with Gasteiger partial charge in [0.2, 0.25) is 17.7 Å². The molecule has 0 unspecified atom stereocenters. The molecule has 10 nitrogen and oxygen atoms in total. The van der Waals surface area contributed by atoms with Crippen molar-refractivity contribution in [1.82, 2.24) is 20.9 Å². The molecule has 6 atom stereocenters. The van der Waals surface area contributed by atoms with Crippen LogP contribution in [-0.2, 0) is 25.5 Å². The Balaban J connectivity index is 1.58. The molecule has 10 heteroatoms. The van der Waals surface area contributed by atoms with E-state index in [9.17, 15) is 19.5 Å². The maximum atomic E-state index is 13.6. The number of carbonyl (C=O) groups is 3. The minimum Gasteiger partial charge on any atom is -0.497 e. The number of hydrogen-bond donors (Lipinski definition) is 4. The average molecular weight is 613 g/mol. The number of piperidine rings is 1. The summed E-state index contributed by atoms with van der Waals surface area (Å²) in [6, 6.07) is 5.75. The smallest absolute Gasteiger partial charge is 0.247 e. The lowest BCUT2D eigenvalue weighted by atomic mass is 9.72. The Bertz CT molecular complexity index is 1150. The molecule has 1 aliphatic carbocycles. The van der Waals surface area contributed by atoms with Gasteiger partial charge in [-0.2, -0.15) is 0 Å². The van der Waals surface area contributed by atoms with E-state index < -0.39 is 24.1 Å². The van der Waals surface area contributed by atoms with E-state index in [-0.39, 0.29) is 42.5 Å². The number of aliphatic hydroxyl groups excluding tert-OH is 1. The van der Waals surface area contributed by atoms with Crippen molar-refractivity contribution in [3.8, 4) is 5.75 Å². The van der Waals surface area contributed by atoms with E-state index in [1.807, 2.05) is 58.9 Å². The van der Waals surface area contributed by atoms with Crippen molar-refractivity contribution in [2.24, 2.45) is 17.8 Å². The van der Waals surface area contributed by atoms with E-state index in [2.05, 4.69) is 20.9 Å². The van der Waals surface area contributed by atoms with Crippen molar-refractivity contribution in [1.29, 1.82) is 0 Å². The van der Waals surface area contributed by atoms with Gasteiger partial charge in [-0.15, -0.1) is 0 Å². The third-order valence-corrected chi connectivity index (χ3v) is 8.93. The minimum absolute atomic E-state index is 0.0122. The van der Waals surface area contributed by atoms with Gasteiger partial charge in [-0.3, -0.25) is 19.3 Å². The van der Waals surface area contributed by atoms with Gasteiger partial charge in [0.05, 0.1) is 24.4 Å². The fourth-order valence-electron chi connectivity index (χ4n) is 6.65. The van der Waals surface area contributed by atoms with Gasteiger partial charge in [0.1, 0.15) is 25.0 Å². The van der Waals surface area contributed by atoms with Crippen LogP contribution in [0.3, 0.4) is 0 Å². The molecular weight excluding hydrogens is 560 g/mol. The van der Waals surface area contributed by atoms with Gasteiger partial charge in [-0.25, -0.2) is 0 Å². The lowest BCUT2D eigenvalue weighted by Gasteiger charge is -2.47. The number of hydrogen-bond acceptors (Lipinski definition) is 7. The zero-order valence-electron chi connectivity index (χ0n) is 27.0. The van der Waals surface area contributed by atoms with E-state index in [0.29, 0.717) is 30.6 Å². The number of β-amino-alcohol motifs (C(OH)–C–C–N with tert-alkyl or cyclic N) is 1. The van der Waals surface area contributed by atoms with Gasteiger partial charge in [-0.05, 0) is 75.5 Å². The highest BCUT2D eigenvalue weighted by molar-refractivity contribution is 5.93. The van der Waals surface area contributed by atoms with Crippen LogP contribution in [0.15, 0.2) is 36.6 Å². The van der Waals surface area contributed by atoms with Gasteiger partial charge in [-0.1, -0.05) is 45.2 Å². The molecule has 1 aromatic carbocycles. The monoisotopic (exact) mass is 612 g/mol. The Morgan fingerprint density at radius 3 is 2.45 bits per heavy atom. The fourth-order valence-corrected chi connectivity index (χ4v) is 6.65. The molecule has 0 spiro atoms. The Hall–Kier alpha value is -3.11. The highest BCUT2D eigenvalue weighted by Crippen LogP contribution is 2.39. The number of amides is 3. The average Bonchev–Trinajstić information content (AvgIpc) is 2.96. The van der Waals surface area contributed by atoms with Crippen LogP contribution >= 0.6 is 0 Å². The van der Waals surface area contributed by atoms with Gasteiger partial charge in [0.15, 0.2) is 0 Å². The molecule has 1 aromatic rings. The molecule has 1 saturated carbocycles. The second kappa shape index (κ2) is 15.3. The molecule has 2 bridgehead atoms. The molecule has 5 rings (SSSR count). The molecule has 2 fully saturated rings. The number of rotatable bonds is 5. The second-order valence-corrected chi connectivity index (χ2v) is 14.0. The van der Waals surface area contributed by atoms with Crippen molar-refractivity contribution in [2.45, 2.75) is 103 Å². The highest BCUT2D eigenvalue weighted by atomic mass is 16.5. The van der Waals surface area contributed by atoms with Crippen LogP contribution in [0.5, 0.6) is 5.75 Å². The maximum Gasteiger partial charge on any atom is 0.247 e. The Morgan fingerprint density at radius 2 is 1.77 bits per heavy atom. The highest BCUT2D eigenvalue weighted by Gasteiger charge is 2.42. The number of nitrogens with one attached hydrogen (secondary N) is 3. The number of likely N-dealkylation sites (tertiary alicyclic amines) is 1. The van der Waals surface area contributed by atoms with Gasteiger partial charge < -0.3 is 30.5 Å². The van der Waals surface area contributed by atoms with Crippen LogP contribution in [0.25, 0.3) is 0 Å². The standard InChI is InChI=1S/C34H52N4O6/c1-22(2)31-33(42)35-27(18-23-10-12-26(13-11-23)44-17-16-43-15-14-30(40)36-31)29(39)21-38-20-25-9-7-6-8-24(25)19-28(38)32(41)37-34(3,4)5/h10-15,22,24-25,27-29,31,39H,6-9,16-21H2,1-5H3,(H,35,42)(H,36,40)(H,37,41)/b15-14-/t24-,25+,27-,28-,29+,31-/m0/s1. The normalized spacial score (nSPS) is 28.8. The summed E-state index contributed by atoms with van der Waals surface area (Å²) in [5, 5.41) is 20.8. The number of carbonyl (C=O) groups excluding carboxylic acids is 3. The Kier molecular flexibility index (Phi) is 11.7. The van der Waals surface area contributed by atoms with E-state index >= 15 is 0 Å². The van der Waals surface area contributed by atoms with Crippen molar-refractivity contribution in [2.75, 3.05) is 26.3 Å². The van der Waals surface area contributed by atoms with Crippen LogP contribution in [0.1, 0.15) is 72.3 Å². The van der Waals surface area contributed by atoms with Crippen LogP contribution in [0, 0.1) is 17.8 Å². The summed E-state index contributed by atoms with van der Waals surface area (Å²) in [6.07, 6.45) is 7.40. The predicted molar refractivity (Wildman–Crippen MR) is 169 cm³/mol. The zero-order chi connectivity index (χ0) is 31.9. The van der Waals surface area contributed by atoms with Gasteiger partial charge in [0, 0.05) is 24.7 Å². The molecule has 244 valence electrons. The molecule has 4 aliphatic rings. The Labute approximate surface area is 262 Å².